The molecule has 0 saturated carbocycles. The Morgan fingerprint density at radius 1 is 1.35 bits per heavy atom. The number of carbonyl (C=O) groups excluding carboxylic acids is 1. The Balaban J connectivity index is 2.09. The number of fused-ring (bicyclic) bond motifs is 1. The van der Waals surface area contributed by atoms with Gasteiger partial charge in [0.25, 0.3) is 0 Å². The normalized spacial score (nSPS) is 11.2. The van der Waals surface area contributed by atoms with Crippen LogP contribution in [0.2, 0.25) is 0 Å². The molecule has 0 spiro atoms. The Hall–Kier alpha value is -1.22. The zero-order valence-electron chi connectivity index (χ0n) is 10.1. The number of furan rings is 1. The van der Waals surface area contributed by atoms with E-state index in [1.807, 2.05) is 24.3 Å². The van der Waals surface area contributed by atoms with Crippen molar-refractivity contribution >= 4 is 28.5 Å². The molecule has 0 amide bonds. The van der Waals surface area contributed by atoms with Gasteiger partial charge in [-0.2, -0.15) is 11.8 Å². The van der Waals surface area contributed by atoms with Gasteiger partial charge in [0.15, 0.2) is 5.78 Å². The van der Waals surface area contributed by atoms with Crippen molar-refractivity contribution in [3.8, 4) is 0 Å². The van der Waals surface area contributed by atoms with E-state index in [9.17, 15) is 4.79 Å². The summed E-state index contributed by atoms with van der Waals surface area (Å²) in [6.07, 6.45) is 1.57. The molecule has 2 aromatic rings. The van der Waals surface area contributed by atoms with Gasteiger partial charge >= 0.3 is 0 Å². The first-order valence-corrected chi connectivity index (χ1v) is 6.91. The minimum atomic E-state index is 0.153. The first-order chi connectivity index (χ1) is 8.18. The van der Waals surface area contributed by atoms with Crippen LogP contribution < -0.4 is 0 Å². The number of hydrogen-bond acceptors (Lipinski definition) is 3. The molecule has 1 aromatic carbocycles. The molecule has 0 unspecified atom stereocenters. The van der Waals surface area contributed by atoms with Crippen LogP contribution in [-0.2, 0) is 0 Å². The number of Topliss-reactive ketones (excluding diaryl/α,β-unsaturated/α-hetero) is 1. The number of benzene rings is 1. The van der Waals surface area contributed by atoms with Crippen LogP contribution in [-0.4, -0.2) is 17.3 Å². The molecule has 0 N–H and O–H groups in total. The fourth-order valence-corrected chi connectivity index (χ4v) is 2.59. The van der Waals surface area contributed by atoms with Gasteiger partial charge in [-0.3, -0.25) is 4.79 Å². The van der Waals surface area contributed by atoms with Gasteiger partial charge < -0.3 is 4.42 Å². The Kier molecular flexibility index (Phi) is 3.89. The Labute approximate surface area is 105 Å². The second-order valence-electron chi connectivity index (χ2n) is 4.48. The first-order valence-electron chi connectivity index (χ1n) is 5.75. The number of ketones is 1. The van der Waals surface area contributed by atoms with Crippen molar-refractivity contribution in [3.63, 3.8) is 0 Å². The summed E-state index contributed by atoms with van der Waals surface area (Å²) in [5, 5.41) is 0.919. The molecule has 17 heavy (non-hydrogen) atoms. The maximum Gasteiger partial charge on any atom is 0.176 e. The van der Waals surface area contributed by atoms with Gasteiger partial charge in [-0.25, -0.2) is 0 Å². The Bertz CT molecular complexity index is 514. The van der Waals surface area contributed by atoms with Crippen LogP contribution in [0, 0.1) is 5.92 Å². The number of carbonyl (C=O) groups is 1. The first kappa shape index (κ1) is 12.2. The minimum Gasteiger partial charge on any atom is -0.464 e. The van der Waals surface area contributed by atoms with Crippen molar-refractivity contribution < 1.29 is 9.21 Å². The zero-order valence-corrected chi connectivity index (χ0v) is 10.9. The maximum atomic E-state index is 12.0. The van der Waals surface area contributed by atoms with E-state index in [1.54, 1.807) is 18.0 Å². The molecule has 1 aromatic heterocycles. The third-order valence-corrected chi connectivity index (χ3v) is 3.83. The monoisotopic (exact) mass is 248 g/mol. The summed E-state index contributed by atoms with van der Waals surface area (Å²) in [6.45, 7) is 4.31. The largest absolute Gasteiger partial charge is 0.464 e. The smallest absolute Gasteiger partial charge is 0.176 e. The van der Waals surface area contributed by atoms with Crippen LogP contribution in [0.4, 0.5) is 0 Å². The maximum absolute atomic E-state index is 12.0. The number of hydrogen-bond donors (Lipinski definition) is 0. The van der Waals surface area contributed by atoms with E-state index in [0.717, 1.165) is 16.7 Å². The molecule has 3 heteroatoms. The molecule has 0 atom stereocenters. The fraction of sp³-hybridized carbons (Fsp3) is 0.357. The van der Waals surface area contributed by atoms with Crippen molar-refractivity contribution in [2.75, 3.05) is 11.5 Å². The van der Waals surface area contributed by atoms with Crippen molar-refractivity contribution in [1.29, 1.82) is 0 Å². The molecule has 0 saturated heterocycles. The van der Waals surface area contributed by atoms with E-state index >= 15 is 0 Å². The predicted molar refractivity (Wildman–Crippen MR) is 72.7 cm³/mol. The van der Waals surface area contributed by atoms with Crippen LogP contribution in [0.3, 0.4) is 0 Å². The summed E-state index contributed by atoms with van der Waals surface area (Å²) in [5.74, 6) is 2.32. The Morgan fingerprint density at radius 2 is 2.12 bits per heavy atom. The van der Waals surface area contributed by atoms with Crippen LogP contribution in [0.15, 0.2) is 34.9 Å². The molecule has 0 aliphatic carbocycles. The summed E-state index contributed by atoms with van der Waals surface area (Å²) >= 11 is 1.69. The van der Waals surface area contributed by atoms with Crippen molar-refractivity contribution in [3.05, 3.63) is 36.1 Å². The molecular weight excluding hydrogens is 232 g/mol. The lowest BCUT2D eigenvalue weighted by atomic mass is 10.1. The van der Waals surface area contributed by atoms with E-state index < -0.39 is 0 Å². The second kappa shape index (κ2) is 5.41. The SMILES string of the molecule is CC(C)CSCC(=O)c1coc2ccccc12. The zero-order chi connectivity index (χ0) is 12.3. The molecule has 90 valence electrons. The van der Waals surface area contributed by atoms with Gasteiger partial charge in [-0.1, -0.05) is 32.0 Å². The van der Waals surface area contributed by atoms with E-state index in [2.05, 4.69) is 13.8 Å². The van der Waals surface area contributed by atoms with Crippen molar-refractivity contribution in [2.24, 2.45) is 5.92 Å². The van der Waals surface area contributed by atoms with Crippen LogP contribution in [0.5, 0.6) is 0 Å². The van der Waals surface area contributed by atoms with Crippen LogP contribution in [0.1, 0.15) is 24.2 Å². The minimum absolute atomic E-state index is 0.153. The van der Waals surface area contributed by atoms with Gasteiger partial charge in [0.05, 0.1) is 11.3 Å². The molecule has 2 nitrogen and oxygen atoms in total. The summed E-state index contributed by atoms with van der Waals surface area (Å²) in [5.41, 5.74) is 1.49. The van der Waals surface area contributed by atoms with E-state index in [4.69, 9.17) is 4.42 Å². The van der Waals surface area contributed by atoms with Crippen molar-refractivity contribution in [1.82, 2.24) is 0 Å². The van der Waals surface area contributed by atoms with Gasteiger partial charge in [0.1, 0.15) is 11.8 Å². The van der Waals surface area contributed by atoms with Gasteiger partial charge in [0.2, 0.25) is 0 Å². The quantitative estimate of drug-likeness (QED) is 0.749. The molecule has 2 rings (SSSR count). The van der Waals surface area contributed by atoms with E-state index in [1.165, 1.54) is 0 Å². The van der Waals surface area contributed by atoms with Crippen molar-refractivity contribution in [2.45, 2.75) is 13.8 Å². The van der Waals surface area contributed by atoms with E-state index in [0.29, 0.717) is 17.2 Å². The molecular formula is C14H16O2S. The second-order valence-corrected chi connectivity index (χ2v) is 5.51. The standard InChI is InChI=1S/C14H16O2S/c1-10(2)8-17-9-13(15)12-7-16-14-6-4-3-5-11(12)14/h3-7,10H,8-9H2,1-2H3. The lowest BCUT2D eigenvalue weighted by molar-refractivity contribution is 0.102. The lowest BCUT2D eigenvalue weighted by Gasteiger charge is -2.02. The highest BCUT2D eigenvalue weighted by molar-refractivity contribution is 7.99. The van der Waals surface area contributed by atoms with Gasteiger partial charge in [0, 0.05) is 5.39 Å². The third kappa shape index (κ3) is 2.91. The highest BCUT2D eigenvalue weighted by atomic mass is 32.2. The lowest BCUT2D eigenvalue weighted by Crippen LogP contribution is -2.03. The summed E-state index contributed by atoms with van der Waals surface area (Å²) < 4.78 is 5.37. The van der Waals surface area contributed by atoms with E-state index in [-0.39, 0.29) is 5.78 Å². The summed E-state index contributed by atoms with van der Waals surface area (Å²) in [4.78, 5) is 12.0. The molecule has 0 aliphatic rings. The Morgan fingerprint density at radius 3 is 2.88 bits per heavy atom. The molecule has 0 radical (unpaired) electrons. The number of rotatable bonds is 5. The van der Waals surface area contributed by atoms with Crippen LogP contribution in [0.25, 0.3) is 11.0 Å². The van der Waals surface area contributed by atoms with Crippen LogP contribution >= 0.6 is 11.8 Å². The average Bonchev–Trinajstić information content (AvgIpc) is 2.72. The highest BCUT2D eigenvalue weighted by Gasteiger charge is 2.13. The van der Waals surface area contributed by atoms with Gasteiger partial charge in [-0.05, 0) is 17.7 Å². The predicted octanol–water partition coefficient (Wildman–Crippen LogP) is 4.00. The third-order valence-electron chi connectivity index (χ3n) is 2.47. The fourth-order valence-electron chi connectivity index (χ4n) is 1.66. The molecule has 0 aliphatic heterocycles. The molecule has 0 fully saturated rings. The summed E-state index contributed by atoms with van der Waals surface area (Å²) in [7, 11) is 0. The highest BCUT2D eigenvalue weighted by Crippen LogP contribution is 2.22. The average molecular weight is 248 g/mol. The number of thioether (sulfide) groups is 1. The molecule has 0 bridgehead atoms. The van der Waals surface area contributed by atoms with Gasteiger partial charge in [-0.15, -0.1) is 0 Å². The number of para-hydroxylation sites is 1. The molecule has 1 heterocycles. The topological polar surface area (TPSA) is 30.2 Å². The summed E-state index contributed by atoms with van der Waals surface area (Å²) in [6, 6.07) is 7.65.